The van der Waals surface area contributed by atoms with Crippen molar-refractivity contribution >= 4 is 0 Å². The minimum absolute atomic E-state index is 0.286. The van der Waals surface area contributed by atoms with Gasteiger partial charge in [-0.1, -0.05) is 19.8 Å². The van der Waals surface area contributed by atoms with Gasteiger partial charge in [-0.25, -0.2) is 0 Å². The van der Waals surface area contributed by atoms with Crippen molar-refractivity contribution in [3.05, 3.63) is 0 Å². The zero-order chi connectivity index (χ0) is 9.73. The van der Waals surface area contributed by atoms with Crippen molar-refractivity contribution in [3.63, 3.8) is 0 Å². The van der Waals surface area contributed by atoms with E-state index in [1.54, 1.807) is 0 Å². The molecule has 1 unspecified atom stereocenters. The van der Waals surface area contributed by atoms with Crippen LogP contribution in [0.25, 0.3) is 0 Å². The van der Waals surface area contributed by atoms with Crippen LogP contribution >= 0.6 is 0 Å². The van der Waals surface area contributed by atoms with Gasteiger partial charge >= 0.3 is 0 Å². The molecule has 78 valence electrons. The van der Waals surface area contributed by atoms with Crippen LogP contribution in [0.3, 0.4) is 0 Å². The molecule has 1 atom stereocenters. The van der Waals surface area contributed by atoms with Crippen molar-refractivity contribution in [2.75, 3.05) is 13.2 Å². The summed E-state index contributed by atoms with van der Waals surface area (Å²) in [5.74, 6) is 0.562. The summed E-state index contributed by atoms with van der Waals surface area (Å²) in [4.78, 5) is 0. The number of aliphatic hydroxyl groups excluding tert-OH is 2. The number of hydrogen-bond donors (Lipinski definition) is 2. The Kier molecular flexibility index (Phi) is 4.20. The van der Waals surface area contributed by atoms with Crippen molar-refractivity contribution in [1.82, 2.24) is 0 Å². The van der Waals surface area contributed by atoms with E-state index in [2.05, 4.69) is 6.92 Å². The summed E-state index contributed by atoms with van der Waals surface area (Å²) >= 11 is 0. The molecule has 1 rings (SSSR count). The first-order valence-electron chi connectivity index (χ1n) is 5.47. The van der Waals surface area contributed by atoms with Crippen LogP contribution in [0.5, 0.6) is 0 Å². The first-order valence-corrected chi connectivity index (χ1v) is 5.47. The third-order valence-corrected chi connectivity index (χ3v) is 3.82. The number of aliphatic hydroxyl groups is 2. The predicted octanol–water partition coefficient (Wildman–Crippen LogP) is 1.95. The van der Waals surface area contributed by atoms with Crippen LogP contribution in [0.1, 0.15) is 45.4 Å². The van der Waals surface area contributed by atoms with Crippen molar-refractivity contribution < 1.29 is 10.2 Å². The van der Waals surface area contributed by atoms with E-state index in [1.807, 2.05) is 0 Å². The van der Waals surface area contributed by atoms with Crippen molar-refractivity contribution in [2.24, 2.45) is 11.3 Å². The maximum Gasteiger partial charge on any atom is 0.0436 e. The molecule has 2 heteroatoms. The highest BCUT2D eigenvalue weighted by Gasteiger charge is 2.37. The third kappa shape index (κ3) is 2.44. The Bertz CT molecular complexity index is 139. The van der Waals surface area contributed by atoms with Crippen LogP contribution in [-0.4, -0.2) is 23.4 Å². The van der Waals surface area contributed by atoms with Gasteiger partial charge in [0.2, 0.25) is 0 Å². The van der Waals surface area contributed by atoms with Gasteiger partial charge in [-0.2, -0.15) is 0 Å². The van der Waals surface area contributed by atoms with Gasteiger partial charge in [0.25, 0.3) is 0 Å². The van der Waals surface area contributed by atoms with Gasteiger partial charge in [0.15, 0.2) is 0 Å². The molecule has 2 nitrogen and oxygen atoms in total. The van der Waals surface area contributed by atoms with E-state index in [-0.39, 0.29) is 6.61 Å². The Morgan fingerprint density at radius 1 is 1.15 bits per heavy atom. The quantitative estimate of drug-likeness (QED) is 0.689. The van der Waals surface area contributed by atoms with Crippen LogP contribution in [0.4, 0.5) is 0 Å². The molecule has 0 amide bonds. The molecule has 1 aliphatic rings. The average Bonchev–Trinajstić information content (AvgIpc) is 2.55. The van der Waals surface area contributed by atoms with Gasteiger partial charge in [0.1, 0.15) is 0 Å². The van der Waals surface area contributed by atoms with E-state index in [4.69, 9.17) is 10.2 Å². The van der Waals surface area contributed by atoms with Crippen LogP contribution in [0, 0.1) is 11.3 Å². The van der Waals surface area contributed by atoms with Crippen LogP contribution in [0.15, 0.2) is 0 Å². The predicted molar refractivity (Wildman–Crippen MR) is 53.5 cm³/mol. The van der Waals surface area contributed by atoms with Crippen molar-refractivity contribution in [3.8, 4) is 0 Å². The molecule has 13 heavy (non-hydrogen) atoms. The minimum atomic E-state index is 0.286. The smallest absolute Gasteiger partial charge is 0.0436 e. The maximum atomic E-state index is 9.05. The molecule has 0 spiro atoms. The Morgan fingerprint density at radius 2 is 1.77 bits per heavy atom. The highest BCUT2D eigenvalue weighted by Crippen LogP contribution is 2.47. The molecule has 0 aromatic rings. The fraction of sp³-hybridized carbons (Fsp3) is 1.00. The molecule has 0 radical (unpaired) electrons. The summed E-state index contributed by atoms with van der Waals surface area (Å²) in [6.07, 6.45) is 6.91. The Hall–Kier alpha value is -0.0800. The molecule has 0 heterocycles. The molecule has 0 aromatic heterocycles. The number of rotatable bonds is 5. The standard InChI is InChI=1S/C11H22O2/c1-10(4-8-12)11(7-9-13)5-2-3-6-11/h10,12-13H,2-9H2,1H3. The first kappa shape index (κ1) is 11.0. The molecule has 0 aliphatic heterocycles. The van der Waals surface area contributed by atoms with E-state index in [0.717, 1.165) is 12.8 Å². The van der Waals surface area contributed by atoms with E-state index < -0.39 is 0 Å². The lowest BCUT2D eigenvalue weighted by molar-refractivity contribution is 0.100. The summed E-state index contributed by atoms with van der Waals surface area (Å²) in [5, 5.41) is 18.0. The largest absolute Gasteiger partial charge is 0.396 e. The lowest BCUT2D eigenvalue weighted by Gasteiger charge is -2.35. The molecule has 0 aromatic carbocycles. The SMILES string of the molecule is CC(CCO)C1(CCO)CCCC1. The second-order valence-corrected chi connectivity index (χ2v) is 4.46. The third-order valence-electron chi connectivity index (χ3n) is 3.82. The van der Waals surface area contributed by atoms with Crippen LogP contribution in [-0.2, 0) is 0 Å². The zero-order valence-corrected chi connectivity index (χ0v) is 8.63. The fourth-order valence-corrected chi connectivity index (χ4v) is 2.79. The molecule has 1 aliphatic carbocycles. The van der Waals surface area contributed by atoms with E-state index in [9.17, 15) is 0 Å². The van der Waals surface area contributed by atoms with Gasteiger partial charge in [-0.3, -0.25) is 0 Å². The Labute approximate surface area is 81.0 Å². The fourth-order valence-electron chi connectivity index (χ4n) is 2.79. The van der Waals surface area contributed by atoms with Crippen molar-refractivity contribution in [1.29, 1.82) is 0 Å². The van der Waals surface area contributed by atoms with Crippen LogP contribution < -0.4 is 0 Å². The molecular weight excluding hydrogens is 164 g/mol. The second kappa shape index (κ2) is 4.97. The minimum Gasteiger partial charge on any atom is -0.396 e. The maximum absolute atomic E-state index is 9.05. The average molecular weight is 186 g/mol. The monoisotopic (exact) mass is 186 g/mol. The summed E-state index contributed by atoms with van der Waals surface area (Å²) in [7, 11) is 0. The summed E-state index contributed by atoms with van der Waals surface area (Å²) in [6, 6.07) is 0. The lowest BCUT2D eigenvalue weighted by Crippen LogP contribution is -2.27. The second-order valence-electron chi connectivity index (χ2n) is 4.46. The molecule has 0 bridgehead atoms. The normalized spacial score (nSPS) is 23.3. The molecule has 1 fully saturated rings. The highest BCUT2D eigenvalue weighted by molar-refractivity contribution is 4.88. The first-order chi connectivity index (χ1) is 6.25. The molecule has 1 saturated carbocycles. The van der Waals surface area contributed by atoms with Gasteiger partial charge in [0.05, 0.1) is 0 Å². The van der Waals surface area contributed by atoms with E-state index in [1.165, 1.54) is 25.7 Å². The molecule has 0 saturated heterocycles. The van der Waals surface area contributed by atoms with Crippen molar-refractivity contribution in [2.45, 2.75) is 45.4 Å². The topological polar surface area (TPSA) is 40.5 Å². The highest BCUT2D eigenvalue weighted by atomic mass is 16.3. The Balaban J connectivity index is 2.54. The van der Waals surface area contributed by atoms with Gasteiger partial charge in [0, 0.05) is 13.2 Å². The van der Waals surface area contributed by atoms with Gasteiger partial charge in [-0.15, -0.1) is 0 Å². The number of hydrogen-bond acceptors (Lipinski definition) is 2. The van der Waals surface area contributed by atoms with Crippen LogP contribution in [0.2, 0.25) is 0 Å². The molecule has 2 N–H and O–H groups in total. The Morgan fingerprint density at radius 3 is 2.23 bits per heavy atom. The van der Waals surface area contributed by atoms with Gasteiger partial charge < -0.3 is 10.2 Å². The zero-order valence-electron chi connectivity index (χ0n) is 8.63. The molecular formula is C11H22O2. The summed E-state index contributed by atoms with van der Waals surface area (Å²) in [5.41, 5.74) is 0.345. The lowest BCUT2D eigenvalue weighted by atomic mass is 9.71. The summed E-state index contributed by atoms with van der Waals surface area (Å²) in [6.45, 7) is 2.81. The van der Waals surface area contributed by atoms with E-state index in [0.29, 0.717) is 17.9 Å². The summed E-state index contributed by atoms with van der Waals surface area (Å²) < 4.78 is 0. The van der Waals surface area contributed by atoms with E-state index >= 15 is 0 Å². The van der Waals surface area contributed by atoms with Gasteiger partial charge in [-0.05, 0) is 37.0 Å².